The van der Waals surface area contributed by atoms with Gasteiger partial charge in [0.1, 0.15) is 11.5 Å². The number of nitrogens with zero attached hydrogens (tertiary/aromatic N) is 1. The number of benzene rings is 3. The van der Waals surface area contributed by atoms with Crippen molar-refractivity contribution in [2.24, 2.45) is 5.10 Å². The fraction of sp³-hybridized carbons (Fsp3) is 0.231. The average molecular weight is 417 g/mol. The summed E-state index contributed by atoms with van der Waals surface area (Å²) in [6.45, 7) is 6.83. The number of carbonyl (C=O) groups is 1. The van der Waals surface area contributed by atoms with Crippen molar-refractivity contribution in [3.05, 3.63) is 95.6 Å². The maximum Gasteiger partial charge on any atom is 0.277 e. The van der Waals surface area contributed by atoms with Crippen molar-refractivity contribution in [2.75, 3.05) is 13.2 Å². The third-order valence-electron chi connectivity index (χ3n) is 5.04. The molecule has 0 bridgehead atoms. The lowest BCUT2D eigenvalue weighted by Gasteiger charge is -2.26. The van der Waals surface area contributed by atoms with Gasteiger partial charge in [0.15, 0.2) is 6.61 Å². The van der Waals surface area contributed by atoms with Gasteiger partial charge in [0.25, 0.3) is 5.91 Å². The van der Waals surface area contributed by atoms with Crippen LogP contribution < -0.4 is 14.9 Å². The summed E-state index contributed by atoms with van der Waals surface area (Å²) in [5.74, 6) is 1.12. The minimum absolute atomic E-state index is 0.109. The second-order valence-electron chi connectivity index (χ2n) is 7.60. The second kappa shape index (κ2) is 10.4. The molecule has 5 heteroatoms. The standard InChI is InChI=1S/C26H28N2O3/c1-4-30-23-14-10-20(11-15-23)18-27-28-25(29)19-31-24-16-12-22(13-17-24)26(2,3)21-8-6-5-7-9-21/h5-18H,4,19H2,1-3H3,(H,28,29). The van der Waals surface area contributed by atoms with Crippen LogP contribution in [0.5, 0.6) is 11.5 Å². The van der Waals surface area contributed by atoms with E-state index in [9.17, 15) is 4.79 Å². The molecule has 0 unspecified atom stereocenters. The number of nitrogens with one attached hydrogen (secondary N) is 1. The van der Waals surface area contributed by atoms with Crippen molar-refractivity contribution in [3.63, 3.8) is 0 Å². The molecule has 3 rings (SSSR count). The molecule has 0 heterocycles. The molecule has 160 valence electrons. The predicted molar refractivity (Wildman–Crippen MR) is 124 cm³/mol. The molecular formula is C26H28N2O3. The smallest absolute Gasteiger partial charge is 0.277 e. The minimum Gasteiger partial charge on any atom is -0.494 e. The van der Waals surface area contributed by atoms with E-state index in [2.05, 4.69) is 36.5 Å². The van der Waals surface area contributed by atoms with E-state index in [1.165, 1.54) is 11.1 Å². The fourth-order valence-electron chi connectivity index (χ4n) is 3.17. The van der Waals surface area contributed by atoms with Crippen LogP contribution in [0.1, 0.15) is 37.5 Å². The number of hydrogen-bond donors (Lipinski definition) is 1. The normalized spacial score (nSPS) is 11.3. The Balaban J connectivity index is 1.49. The average Bonchev–Trinajstić information content (AvgIpc) is 2.80. The first-order valence-electron chi connectivity index (χ1n) is 10.3. The van der Waals surface area contributed by atoms with Crippen LogP contribution >= 0.6 is 0 Å². The summed E-state index contributed by atoms with van der Waals surface area (Å²) in [6.07, 6.45) is 1.58. The molecule has 0 saturated heterocycles. The van der Waals surface area contributed by atoms with Crippen LogP contribution in [0.25, 0.3) is 0 Å². The van der Waals surface area contributed by atoms with Gasteiger partial charge in [0, 0.05) is 5.41 Å². The molecular weight excluding hydrogens is 388 g/mol. The van der Waals surface area contributed by atoms with Gasteiger partial charge >= 0.3 is 0 Å². The summed E-state index contributed by atoms with van der Waals surface area (Å²) in [4.78, 5) is 12.0. The Morgan fingerprint density at radius 3 is 2.10 bits per heavy atom. The number of hydrogen-bond acceptors (Lipinski definition) is 4. The van der Waals surface area contributed by atoms with Crippen molar-refractivity contribution in [2.45, 2.75) is 26.2 Å². The highest BCUT2D eigenvalue weighted by molar-refractivity contribution is 5.83. The molecule has 0 spiro atoms. The summed E-state index contributed by atoms with van der Waals surface area (Å²) < 4.78 is 11.0. The number of ether oxygens (including phenoxy) is 2. The van der Waals surface area contributed by atoms with Gasteiger partial charge in [0.2, 0.25) is 0 Å². The number of rotatable bonds is 9. The Labute approximate surface area is 183 Å². The molecule has 0 radical (unpaired) electrons. The van der Waals surface area contributed by atoms with E-state index in [4.69, 9.17) is 9.47 Å². The summed E-state index contributed by atoms with van der Waals surface area (Å²) in [5.41, 5.74) is 5.64. The third-order valence-corrected chi connectivity index (χ3v) is 5.04. The zero-order valence-electron chi connectivity index (χ0n) is 18.2. The summed E-state index contributed by atoms with van der Waals surface area (Å²) in [5, 5.41) is 3.96. The van der Waals surface area contributed by atoms with Gasteiger partial charge in [-0.25, -0.2) is 5.43 Å². The largest absolute Gasteiger partial charge is 0.494 e. The van der Waals surface area contributed by atoms with E-state index >= 15 is 0 Å². The lowest BCUT2D eigenvalue weighted by Crippen LogP contribution is -2.24. The Bertz CT molecular complexity index is 995. The SMILES string of the molecule is CCOc1ccc(C=NNC(=O)COc2ccc(C(C)(C)c3ccccc3)cc2)cc1. The minimum atomic E-state index is -0.323. The van der Waals surface area contributed by atoms with Crippen LogP contribution in [-0.4, -0.2) is 25.3 Å². The molecule has 0 aliphatic rings. The third kappa shape index (κ3) is 6.19. The second-order valence-corrected chi connectivity index (χ2v) is 7.60. The topological polar surface area (TPSA) is 59.9 Å². The quantitative estimate of drug-likeness (QED) is 0.397. The van der Waals surface area contributed by atoms with E-state index in [0.29, 0.717) is 12.4 Å². The van der Waals surface area contributed by atoms with Gasteiger partial charge in [-0.05, 0) is 60.0 Å². The first-order valence-corrected chi connectivity index (χ1v) is 10.3. The van der Waals surface area contributed by atoms with Crippen LogP contribution in [0.15, 0.2) is 84.0 Å². The maximum absolute atomic E-state index is 12.0. The zero-order valence-corrected chi connectivity index (χ0v) is 18.2. The summed E-state index contributed by atoms with van der Waals surface area (Å²) in [7, 11) is 0. The highest BCUT2D eigenvalue weighted by Gasteiger charge is 2.22. The lowest BCUT2D eigenvalue weighted by atomic mass is 9.78. The van der Waals surface area contributed by atoms with E-state index in [1.54, 1.807) is 6.21 Å². The Morgan fingerprint density at radius 1 is 0.871 bits per heavy atom. The molecule has 1 N–H and O–H groups in total. The van der Waals surface area contributed by atoms with Crippen LogP contribution in [0, 0.1) is 0 Å². The number of hydrazone groups is 1. The van der Waals surface area contributed by atoms with Gasteiger partial charge < -0.3 is 9.47 Å². The molecule has 0 saturated carbocycles. The van der Waals surface area contributed by atoms with E-state index in [1.807, 2.05) is 73.7 Å². The highest BCUT2D eigenvalue weighted by atomic mass is 16.5. The molecule has 0 aromatic heterocycles. The Kier molecular flexibility index (Phi) is 7.44. The predicted octanol–water partition coefficient (Wildman–Crippen LogP) is 4.94. The van der Waals surface area contributed by atoms with Crippen molar-refractivity contribution in [1.82, 2.24) is 5.43 Å². The molecule has 0 aliphatic heterocycles. The Hall–Kier alpha value is -3.60. The lowest BCUT2D eigenvalue weighted by molar-refractivity contribution is -0.123. The Morgan fingerprint density at radius 2 is 1.45 bits per heavy atom. The highest BCUT2D eigenvalue weighted by Crippen LogP contribution is 2.32. The first kappa shape index (κ1) is 22.1. The summed E-state index contributed by atoms with van der Waals surface area (Å²) in [6, 6.07) is 25.7. The molecule has 1 amide bonds. The fourth-order valence-corrected chi connectivity index (χ4v) is 3.17. The van der Waals surface area contributed by atoms with Crippen molar-refractivity contribution in [3.8, 4) is 11.5 Å². The molecule has 0 atom stereocenters. The van der Waals surface area contributed by atoms with E-state index in [-0.39, 0.29) is 17.9 Å². The first-order chi connectivity index (χ1) is 15.0. The van der Waals surface area contributed by atoms with Gasteiger partial charge in [0.05, 0.1) is 12.8 Å². The maximum atomic E-state index is 12.0. The number of amides is 1. The van der Waals surface area contributed by atoms with E-state index < -0.39 is 0 Å². The van der Waals surface area contributed by atoms with E-state index in [0.717, 1.165) is 11.3 Å². The molecule has 3 aromatic carbocycles. The van der Waals surface area contributed by atoms with Crippen LogP contribution in [-0.2, 0) is 10.2 Å². The summed E-state index contributed by atoms with van der Waals surface area (Å²) >= 11 is 0. The van der Waals surface area contributed by atoms with Crippen molar-refractivity contribution >= 4 is 12.1 Å². The van der Waals surface area contributed by atoms with Crippen molar-refractivity contribution in [1.29, 1.82) is 0 Å². The van der Waals surface area contributed by atoms with Crippen LogP contribution in [0.4, 0.5) is 0 Å². The zero-order chi connectivity index (χ0) is 22.1. The van der Waals surface area contributed by atoms with Gasteiger partial charge in [-0.1, -0.05) is 56.3 Å². The van der Waals surface area contributed by atoms with Crippen LogP contribution in [0.2, 0.25) is 0 Å². The molecule has 31 heavy (non-hydrogen) atoms. The van der Waals surface area contributed by atoms with Crippen molar-refractivity contribution < 1.29 is 14.3 Å². The van der Waals surface area contributed by atoms with Crippen LogP contribution in [0.3, 0.4) is 0 Å². The monoisotopic (exact) mass is 416 g/mol. The van der Waals surface area contributed by atoms with Gasteiger partial charge in [-0.2, -0.15) is 5.10 Å². The van der Waals surface area contributed by atoms with Gasteiger partial charge in [-0.15, -0.1) is 0 Å². The van der Waals surface area contributed by atoms with Gasteiger partial charge in [-0.3, -0.25) is 4.79 Å². The number of carbonyl (C=O) groups excluding carboxylic acids is 1. The molecule has 5 nitrogen and oxygen atoms in total. The molecule has 0 fully saturated rings. The molecule has 0 aliphatic carbocycles. The molecule has 3 aromatic rings.